The van der Waals surface area contributed by atoms with E-state index in [-0.39, 0.29) is 5.56 Å². The van der Waals surface area contributed by atoms with Crippen LogP contribution in [-0.4, -0.2) is 34.5 Å². The molecule has 0 atom stereocenters. The lowest BCUT2D eigenvalue weighted by atomic mass is 10.3. The molecule has 10 heteroatoms. The molecular formula is C17H15N7OS2. The molecule has 0 aliphatic rings. The molecule has 1 N–H and O–H groups in total. The first-order valence-corrected chi connectivity index (χ1v) is 10.0. The average Bonchev–Trinajstić information content (AvgIpc) is 3.41. The minimum absolute atomic E-state index is 0.122. The number of aromatic nitrogens is 7. The summed E-state index contributed by atoms with van der Waals surface area (Å²) in [5, 5.41) is 13.1. The van der Waals surface area contributed by atoms with Gasteiger partial charge < -0.3 is 4.57 Å². The first-order chi connectivity index (χ1) is 13.1. The van der Waals surface area contributed by atoms with Crippen molar-refractivity contribution < 1.29 is 0 Å². The highest BCUT2D eigenvalue weighted by atomic mass is 32.1. The number of H-pyrrole nitrogens is 1. The van der Waals surface area contributed by atoms with E-state index >= 15 is 0 Å². The van der Waals surface area contributed by atoms with Crippen LogP contribution in [0.1, 0.15) is 21.3 Å². The predicted molar refractivity (Wildman–Crippen MR) is 105 cm³/mol. The van der Waals surface area contributed by atoms with Gasteiger partial charge in [-0.25, -0.2) is 14.6 Å². The van der Waals surface area contributed by atoms with Crippen molar-refractivity contribution in [1.82, 2.24) is 34.5 Å². The van der Waals surface area contributed by atoms with Crippen molar-refractivity contribution >= 4 is 43.9 Å². The number of aryl methyl sites for hydroxylation is 2. The van der Waals surface area contributed by atoms with Gasteiger partial charge in [-0.1, -0.05) is 0 Å². The van der Waals surface area contributed by atoms with Crippen molar-refractivity contribution in [2.45, 2.75) is 19.9 Å². The van der Waals surface area contributed by atoms with Crippen molar-refractivity contribution in [3.63, 3.8) is 0 Å². The quantitative estimate of drug-likeness (QED) is 0.503. The SMILES string of the molecule is Cc1scnc1Cn1ncc2c3sc(Cc4ccn[nH]4)nc3n(C)c2c1=O. The third-order valence-electron chi connectivity index (χ3n) is 4.61. The summed E-state index contributed by atoms with van der Waals surface area (Å²) in [7, 11) is 1.88. The number of nitrogens with zero attached hydrogens (tertiary/aromatic N) is 6. The molecule has 0 fully saturated rings. The van der Waals surface area contributed by atoms with Gasteiger partial charge in [0.05, 0.1) is 28.6 Å². The van der Waals surface area contributed by atoms with Crippen LogP contribution in [0.25, 0.3) is 21.3 Å². The third kappa shape index (κ3) is 2.60. The lowest BCUT2D eigenvalue weighted by Crippen LogP contribution is -2.24. The van der Waals surface area contributed by atoms with Crippen LogP contribution in [0.5, 0.6) is 0 Å². The van der Waals surface area contributed by atoms with E-state index in [1.807, 2.05) is 24.6 Å². The number of thiazole rings is 2. The van der Waals surface area contributed by atoms with Gasteiger partial charge in [0, 0.05) is 35.6 Å². The first-order valence-electron chi connectivity index (χ1n) is 8.33. The lowest BCUT2D eigenvalue weighted by molar-refractivity contribution is 0.633. The van der Waals surface area contributed by atoms with Gasteiger partial charge in [-0.2, -0.15) is 10.2 Å². The maximum Gasteiger partial charge on any atom is 0.291 e. The molecule has 5 aromatic rings. The van der Waals surface area contributed by atoms with Crippen molar-refractivity contribution in [3.05, 3.63) is 55.6 Å². The van der Waals surface area contributed by atoms with Crippen LogP contribution in [0.15, 0.2) is 28.8 Å². The van der Waals surface area contributed by atoms with E-state index < -0.39 is 0 Å². The Morgan fingerprint density at radius 3 is 2.96 bits per heavy atom. The molecule has 0 radical (unpaired) electrons. The number of aromatic amines is 1. The van der Waals surface area contributed by atoms with Crippen LogP contribution >= 0.6 is 22.7 Å². The maximum absolute atomic E-state index is 13.0. The second-order valence-corrected chi connectivity index (χ2v) is 8.45. The lowest BCUT2D eigenvalue weighted by Gasteiger charge is -2.04. The first kappa shape index (κ1) is 16.3. The summed E-state index contributed by atoms with van der Waals surface area (Å²) in [5.41, 5.74) is 4.99. The Bertz CT molecular complexity index is 1320. The molecule has 136 valence electrons. The van der Waals surface area contributed by atoms with Gasteiger partial charge in [-0.15, -0.1) is 22.7 Å². The number of fused-ring (bicyclic) bond motifs is 3. The van der Waals surface area contributed by atoms with Gasteiger partial charge in [0.1, 0.15) is 10.5 Å². The zero-order valence-electron chi connectivity index (χ0n) is 14.6. The Hall–Kier alpha value is -2.85. The Balaban J connectivity index is 1.61. The number of hydrogen-bond acceptors (Lipinski definition) is 7. The topological polar surface area (TPSA) is 94.3 Å². The molecule has 0 saturated carbocycles. The van der Waals surface area contributed by atoms with Crippen molar-refractivity contribution in [1.29, 1.82) is 0 Å². The molecule has 5 aromatic heterocycles. The summed E-state index contributed by atoms with van der Waals surface area (Å²) in [5.74, 6) is 0. The van der Waals surface area contributed by atoms with E-state index in [9.17, 15) is 4.79 Å². The summed E-state index contributed by atoms with van der Waals surface area (Å²) in [6.07, 6.45) is 4.18. The monoisotopic (exact) mass is 397 g/mol. The Morgan fingerprint density at radius 2 is 2.22 bits per heavy atom. The third-order valence-corrected chi connectivity index (χ3v) is 6.49. The molecule has 5 heterocycles. The molecular weight excluding hydrogens is 382 g/mol. The number of nitrogens with one attached hydrogen (secondary N) is 1. The molecule has 0 aliphatic carbocycles. The van der Waals surface area contributed by atoms with Gasteiger partial charge >= 0.3 is 0 Å². The summed E-state index contributed by atoms with van der Waals surface area (Å²) in [6, 6.07) is 1.94. The molecule has 5 rings (SSSR count). The number of rotatable bonds is 4. The molecule has 0 saturated heterocycles. The van der Waals surface area contributed by atoms with Gasteiger partial charge in [0.25, 0.3) is 5.56 Å². The summed E-state index contributed by atoms with van der Waals surface area (Å²) in [6.45, 7) is 2.38. The van der Waals surface area contributed by atoms with E-state index in [4.69, 9.17) is 4.98 Å². The minimum Gasteiger partial charge on any atom is -0.323 e. The largest absolute Gasteiger partial charge is 0.323 e. The fourth-order valence-electron chi connectivity index (χ4n) is 3.19. The highest BCUT2D eigenvalue weighted by Gasteiger charge is 2.19. The molecule has 0 amide bonds. The zero-order valence-corrected chi connectivity index (χ0v) is 16.3. The highest BCUT2D eigenvalue weighted by molar-refractivity contribution is 7.19. The van der Waals surface area contributed by atoms with Crippen molar-refractivity contribution in [2.24, 2.45) is 7.05 Å². The number of hydrogen-bond donors (Lipinski definition) is 1. The Morgan fingerprint density at radius 1 is 1.33 bits per heavy atom. The second-order valence-electron chi connectivity index (χ2n) is 6.30. The standard InChI is InChI=1S/C17H15N7OS2/c1-9-12(18-8-26-9)7-24-17(25)14-11(6-20-24)15-16(23(14)2)21-13(27-15)5-10-3-4-19-22-10/h3-4,6,8H,5,7H2,1-2H3,(H,19,22). The molecule has 0 spiro atoms. The summed E-state index contributed by atoms with van der Waals surface area (Å²) >= 11 is 3.16. The van der Waals surface area contributed by atoms with E-state index in [0.717, 1.165) is 37.0 Å². The molecule has 27 heavy (non-hydrogen) atoms. The minimum atomic E-state index is -0.122. The van der Waals surface area contributed by atoms with E-state index in [0.29, 0.717) is 18.5 Å². The Kier molecular flexibility index (Phi) is 3.69. The van der Waals surface area contributed by atoms with Crippen molar-refractivity contribution in [3.8, 4) is 0 Å². The smallest absolute Gasteiger partial charge is 0.291 e. The fourth-order valence-corrected chi connectivity index (χ4v) is 4.91. The molecule has 0 bridgehead atoms. The van der Waals surface area contributed by atoms with Gasteiger partial charge in [0.15, 0.2) is 5.65 Å². The fraction of sp³-hybridized carbons (Fsp3) is 0.235. The summed E-state index contributed by atoms with van der Waals surface area (Å²) in [4.78, 5) is 23.2. The van der Waals surface area contributed by atoms with Crippen LogP contribution in [0, 0.1) is 6.92 Å². The maximum atomic E-state index is 13.0. The van der Waals surface area contributed by atoms with Gasteiger partial charge in [-0.05, 0) is 13.0 Å². The van der Waals surface area contributed by atoms with Crippen molar-refractivity contribution in [2.75, 3.05) is 0 Å². The normalized spacial score (nSPS) is 11.8. The summed E-state index contributed by atoms with van der Waals surface area (Å²) < 4.78 is 4.33. The molecule has 8 nitrogen and oxygen atoms in total. The van der Waals surface area contributed by atoms with Crippen LogP contribution in [0.2, 0.25) is 0 Å². The second kappa shape index (κ2) is 6.10. The zero-order chi connectivity index (χ0) is 18.5. The Labute approximate surface area is 161 Å². The molecule has 0 aliphatic heterocycles. The average molecular weight is 397 g/mol. The van der Waals surface area contributed by atoms with E-state index in [2.05, 4.69) is 20.3 Å². The van der Waals surface area contributed by atoms with Gasteiger partial charge in [-0.3, -0.25) is 9.89 Å². The van der Waals surface area contributed by atoms with Crippen LogP contribution < -0.4 is 5.56 Å². The molecule has 0 unspecified atom stereocenters. The van der Waals surface area contributed by atoms with Crippen LogP contribution in [0.4, 0.5) is 0 Å². The van der Waals surface area contributed by atoms with Crippen LogP contribution in [0.3, 0.4) is 0 Å². The van der Waals surface area contributed by atoms with E-state index in [1.54, 1.807) is 40.6 Å². The predicted octanol–water partition coefficient (Wildman–Crippen LogP) is 2.47. The highest BCUT2D eigenvalue weighted by Crippen LogP contribution is 2.31. The molecule has 0 aromatic carbocycles. The van der Waals surface area contributed by atoms with Gasteiger partial charge in [0.2, 0.25) is 0 Å². The van der Waals surface area contributed by atoms with E-state index in [1.165, 1.54) is 4.68 Å². The van der Waals surface area contributed by atoms with Crippen LogP contribution in [-0.2, 0) is 20.0 Å².